The first-order valence-electron chi connectivity index (χ1n) is 13.3. The number of carbonyl (C=O) groups excluding carboxylic acids is 1. The summed E-state index contributed by atoms with van der Waals surface area (Å²) in [6, 6.07) is 14.0. The van der Waals surface area contributed by atoms with Crippen LogP contribution in [-0.4, -0.2) is 79.2 Å². The van der Waals surface area contributed by atoms with Crippen LogP contribution in [0.5, 0.6) is 5.88 Å². The van der Waals surface area contributed by atoms with Gasteiger partial charge >= 0.3 is 0 Å². The molecule has 5 heterocycles. The Bertz CT molecular complexity index is 1430. The van der Waals surface area contributed by atoms with E-state index in [0.717, 1.165) is 62.0 Å². The van der Waals surface area contributed by atoms with Gasteiger partial charge in [-0.15, -0.1) is 0 Å². The Hall–Kier alpha value is -3.82. The van der Waals surface area contributed by atoms with Crippen molar-refractivity contribution in [3.63, 3.8) is 0 Å². The van der Waals surface area contributed by atoms with E-state index in [4.69, 9.17) is 9.72 Å². The second-order valence-corrected chi connectivity index (χ2v) is 10.1. The highest BCUT2D eigenvalue weighted by Gasteiger charge is 2.20. The third-order valence-corrected chi connectivity index (χ3v) is 7.36. The number of aromatic nitrogens is 4. The molecule has 0 aliphatic carbocycles. The Labute approximate surface area is 221 Å². The van der Waals surface area contributed by atoms with Crippen LogP contribution in [0.4, 0.5) is 0 Å². The van der Waals surface area contributed by atoms with Gasteiger partial charge in [0.1, 0.15) is 24.9 Å². The van der Waals surface area contributed by atoms with Crippen LogP contribution in [0.3, 0.4) is 0 Å². The normalized spacial score (nSPS) is 16.5. The molecule has 4 aromatic rings. The third-order valence-electron chi connectivity index (χ3n) is 7.36. The van der Waals surface area contributed by atoms with Gasteiger partial charge in [-0.1, -0.05) is 24.3 Å². The first-order chi connectivity index (χ1) is 18.6. The number of carbonyl (C=O) groups is 1. The molecule has 0 radical (unpaired) electrons. The highest BCUT2D eigenvalue weighted by Crippen LogP contribution is 2.23. The molecule has 196 valence electrons. The number of hydrogen-bond donors (Lipinski definition) is 1. The van der Waals surface area contributed by atoms with Crippen LogP contribution >= 0.6 is 0 Å². The van der Waals surface area contributed by atoms with E-state index in [1.807, 2.05) is 27.8 Å². The molecule has 1 fully saturated rings. The minimum absolute atomic E-state index is 0.118. The third kappa shape index (κ3) is 5.39. The van der Waals surface area contributed by atoms with Crippen LogP contribution in [0.25, 0.3) is 22.4 Å². The van der Waals surface area contributed by atoms with Crippen molar-refractivity contribution in [1.29, 1.82) is 0 Å². The van der Waals surface area contributed by atoms with Gasteiger partial charge in [0.2, 0.25) is 11.8 Å². The number of aliphatic hydroxyl groups is 1. The van der Waals surface area contributed by atoms with Crippen molar-refractivity contribution in [2.45, 2.75) is 38.5 Å². The number of rotatable bonds is 8. The molecule has 0 bridgehead atoms. The van der Waals surface area contributed by atoms with E-state index < -0.39 is 6.10 Å². The molecule has 1 atom stereocenters. The molecule has 1 unspecified atom stereocenters. The smallest absolute Gasteiger partial charge is 0.242 e. The van der Waals surface area contributed by atoms with Gasteiger partial charge in [-0.05, 0) is 42.5 Å². The van der Waals surface area contributed by atoms with E-state index in [1.165, 1.54) is 11.1 Å². The number of ether oxygens (including phenoxy) is 1. The van der Waals surface area contributed by atoms with E-state index >= 15 is 0 Å². The van der Waals surface area contributed by atoms with E-state index in [0.29, 0.717) is 18.2 Å². The maximum atomic E-state index is 12.7. The molecule has 6 rings (SSSR count). The molecule has 2 aliphatic rings. The van der Waals surface area contributed by atoms with E-state index in [-0.39, 0.29) is 19.1 Å². The fourth-order valence-corrected chi connectivity index (χ4v) is 5.32. The van der Waals surface area contributed by atoms with Crippen molar-refractivity contribution in [1.82, 2.24) is 29.3 Å². The summed E-state index contributed by atoms with van der Waals surface area (Å²) < 4.78 is 7.73. The SMILES string of the molecule is O=C(Cn1ccc2cnc(-c3ccnc(OCC(O)CN4CCc5ccccc5C4)c3)nc21)N1CCCC1. The first-order valence-corrected chi connectivity index (χ1v) is 13.3. The molecule has 2 aliphatic heterocycles. The van der Waals surface area contributed by atoms with Gasteiger partial charge < -0.3 is 19.3 Å². The monoisotopic (exact) mass is 512 g/mol. The van der Waals surface area contributed by atoms with Gasteiger partial charge in [0.05, 0.1) is 0 Å². The molecule has 1 amide bonds. The lowest BCUT2D eigenvalue weighted by Crippen LogP contribution is -2.38. The maximum Gasteiger partial charge on any atom is 0.242 e. The highest BCUT2D eigenvalue weighted by atomic mass is 16.5. The highest BCUT2D eigenvalue weighted by molar-refractivity contribution is 5.81. The number of nitrogens with zero attached hydrogens (tertiary/aromatic N) is 6. The van der Waals surface area contributed by atoms with Gasteiger partial charge in [0.15, 0.2) is 5.82 Å². The fraction of sp³-hybridized carbons (Fsp3) is 0.379. The summed E-state index contributed by atoms with van der Waals surface area (Å²) in [5.41, 5.74) is 4.20. The average Bonchev–Trinajstić information content (AvgIpc) is 3.63. The zero-order chi connectivity index (χ0) is 25.9. The van der Waals surface area contributed by atoms with Crippen molar-refractivity contribution in [3.05, 3.63) is 72.2 Å². The molecule has 38 heavy (non-hydrogen) atoms. The molecular formula is C29H32N6O3. The molecule has 0 spiro atoms. The number of fused-ring (bicyclic) bond motifs is 2. The summed E-state index contributed by atoms with van der Waals surface area (Å²) in [5, 5.41) is 11.5. The Morgan fingerprint density at radius 1 is 1.05 bits per heavy atom. The predicted molar refractivity (Wildman–Crippen MR) is 143 cm³/mol. The number of aliphatic hydroxyl groups excluding tert-OH is 1. The summed E-state index contributed by atoms with van der Waals surface area (Å²) in [5.74, 6) is 1.06. The fourth-order valence-electron chi connectivity index (χ4n) is 5.32. The number of β-amino-alcohol motifs (C(OH)–C–C–N with tert-alkyl or cyclic N) is 1. The molecule has 1 aromatic carbocycles. The maximum absolute atomic E-state index is 12.7. The number of amides is 1. The Morgan fingerprint density at radius 3 is 2.76 bits per heavy atom. The van der Waals surface area contributed by atoms with Crippen molar-refractivity contribution in [3.8, 4) is 17.3 Å². The summed E-state index contributed by atoms with van der Waals surface area (Å²) in [7, 11) is 0. The van der Waals surface area contributed by atoms with Crippen LogP contribution in [-0.2, 0) is 24.3 Å². The van der Waals surface area contributed by atoms with Gasteiger partial charge in [-0.25, -0.2) is 15.0 Å². The lowest BCUT2D eigenvalue weighted by atomic mass is 10.00. The number of benzene rings is 1. The van der Waals surface area contributed by atoms with Crippen LogP contribution < -0.4 is 4.74 Å². The van der Waals surface area contributed by atoms with Crippen molar-refractivity contribution < 1.29 is 14.6 Å². The van der Waals surface area contributed by atoms with Gasteiger partial charge in [0, 0.05) is 68.3 Å². The average molecular weight is 513 g/mol. The largest absolute Gasteiger partial charge is 0.475 e. The first kappa shape index (κ1) is 24.5. The van der Waals surface area contributed by atoms with Gasteiger partial charge in [-0.3, -0.25) is 9.69 Å². The van der Waals surface area contributed by atoms with Crippen molar-refractivity contribution >= 4 is 16.9 Å². The summed E-state index contributed by atoms with van der Waals surface area (Å²) in [6.45, 7) is 4.39. The lowest BCUT2D eigenvalue weighted by molar-refractivity contribution is -0.130. The van der Waals surface area contributed by atoms with E-state index in [1.54, 1.807) is 18.5 Å². The number of likely N-dealkylation sites (tertiary alicyclic amines) is 1. The molecular weight excluding hydrogens is 480 g/mol. The van der Waals surface area contributed by atoms with E-state index in [2.05, 4.69) is 39.1 Å². The van der Waals surface area contributed by atoms with Gasteiger partial charge in [0.25, 0.3) is 0 Å². The molecule has 1 saturated heterocycles. The van der Waals surface area contributed by atoms with E-state index in [9.17, 15) is 9.90 Å². The summed E-state index contributed by atoms with van der Waals surface area (Å²) in [6.07, 6.45) is 7.82. The predicted octanol–water partition coefficient (Wildman–Crippen LogP) is 2.91. The minimum atomic E-state index is -0.630. The van der Waals surface area contributed by atoms with Gasteiger partial charge in [-0.2, -0.15) is 0 Å². The Kier molecular flexibility index (Phi) is 7.02. The van der Waals surface area contributed by atoms with Crippen LogP contribution in [0.1, 0.15) is 24.0 Å². The van der Waals surface area contributed by atoms with Crippen molar-refractivity contribution in [2.75, 3.05) is 32.8 Å². The second-order valence-electron chi connectivity index (χ2n) is 10.1. The number of hydrogen-bond acceptors (Lipinski definition) is 7. The van der Waals surface area contributed by atoms with Crippen LogP contribution in [0.15, 0.2) is 61.1 Å². The van der Waals surface area contributed by atoms with Crippen LogP contribution in [0.2, 0.25) is 0 Å². The van der Waals surface area contributed by atoms with Crippen molar-refractivity contribution in [2.24, 2.45) is 0 Å². The zero-order valence-corrected chi connectivity index (χ0v) is 21.4. The summed E-state index contributed by atoms with van der Waals surface area (Å²) >= 11 is 0. The molecule has 0 saturated carbocycles. The molecule has 9 heteroatoms. The molecule has 9 nitrogen and oxygen atoms in total. The zero-order valence-electron chi connectivity index (χ0n) is 21.4. The number of pyridine rings is 1. The Balaban J connectivity index is 1.09. The quantitative estimate of drug-likeness (QED) is 0.388. The molecule has 3 aromatic heterocycles. The molecule has 1 N–H and O–H groups in total. The minimum Gasteiger partial charge on any atom is -0.475 e. The lowest BCUT2D eigenvalue weighted by Gasteiger charge is -2.30. The second kappa shape index (κ2) is 10.9. The topological polar surface area (TPSA) is 96.6 Å². The standard InChI is InChI=1S/C29H32N6O3/c36-25(18-33-13-8-21-5-1-2-6-24(21)17-33)20-38-26-15-22(7-10-30-26)28-31-16-23-9-14-35(29(23)32-28)19-27(37)34-11-3-4-12-34/h1-2,5-7,9-10,14-16,25,36H,3-4,8,11-13,17-20H2. The Morgan fingerprint density at radius 2 is 1.89 bits per heavy atom. The summed E-state index contributed by atoms with van der Waals surface area (Å²) in [4.78, 5) is 30.4. The van der Waals surface area contributed by atoms with Crippen LogP contribution in [0, 0.1) is 0 Å².